The van der Waals surface area contributed by atoms with Crippen LogP contribution < -0.4 is 5.32 Å². The Morgan fingerprint density at radius 1 is 1.67 bits per heavy atom. The van der Waals surface area contributed by atoms with E-state index in [1.807, 2.05) is 7.05 Å². The second-order valence-electron chi connectivity index (χ2n) is 0.827. The van der Waals surface area contributed by atoms with Gasteiger partial charge in [-0.1, -0.05) is 5.92 Å². The zero-order chi connectivity index (χ0) is 4.83. The van der Waals surface area contributed by atoms with Crippen LogP contribution in [0.25, 0.3) is 0 Å². The Morgan fingerprint density at radius 2 is 2.33 bits per heavy atom. The van der Waals surface area contributed by atoms with Gasteiger partial charge in [-0.15, -0.1) is 5.92 Å². The first-order chi connectivity index (χ1) is 2.91. The van der Waals surface area contributed by atoms with Crippen LogP contribution in [0.2, 0.25) is 0 Å². The van der Waals surface area contributed by atoms with E-state index in [1.54, 1.807) is 13.5 Å². The van der Waals surface area contributed by atoms with E-state index in [1.165, 1.54) is 0 Å². The molecule has 0 atom stereocenters. The minimum absolute atomic E-state index is 1.69. The van der Waals surface area contributed by atoms with Gasteiger partial charge in [0, 0.05) is 0 Å². The van der Waals surface area contributed by atoms with E-state index < -0.39 is 0 Å². The lowest BCUT2D eigenvalue weighted by molar-refractivity contribution is 1.04. The standard InChI is InChI=1S/C5H8N/c1-3-4-5-6-2/h5-6H,1-2H3. The van der Waals surface area contributed by atoms with E-state index in [0.29, 0.717) is 0 Å². The molecule has 1 nitrogen and oxygen atoms in total. The van der Waals surface area contributed by atoms with E-state index in [4.69, 9.17) is 0 Å². The predicted molar refractivity (Wildman–Crippen MR) is 26.8 cm³/mol. The molecule has 0 spiro atoms. The molecule has 0 rings (SSSR count). The zero-order valence-electron chi connectivity index (χ0n) is 4.08. The van der Waals surface area contributed by atoms with Crippen LogP contribution in [0.4, 0.5) is 0 Å². The first-order valence-electron chi connectivity index (χ1n) is 1.83. The Kier molecular flexibility index (Phi) is 4.16. The fraction of sp³-hybridized carbons (Fsp3) is 0.400. The SMILES string of the molecule is CC#C[CH]NC. The molecule has 0 bridgehead atoms. The molecule has 1 radical (unpaired) electrons. The maximum Gasteiger partial charge on any atom is 0.0956 e. The van der Waals surface area contributed by atoms with Gasteiger partial charge < -0.3 is 5.32 Å². The minimum Gasteiger partial charge on any atom is -0.305 e. The summed E-state index contributed by atoms with van der Waals surface area (Å²) in [5.74, 6) is 5.41. The monoisotopic (exact) mass is 82.1 g/mol. The molecule has 33 valence electrons. The van der Waals surface area contributed by atoms with E-state index in [2.05, 4.69) is 17.2 Å². The van der Waals surface area contributed by atoms with Gasteiger partial charge in [-0.05, 0) is 14.0 Å². The van der Waals surface area contributed by atoms with Crippen LogP contribution in [-0.2, 0) is 0 Å². The fourth-order valence-corrected chi connectivity index (χ4v) is 0.144. The second-order valence-corrected chi connectivity index (χ2v) is 0.827. The number of hydrogen-bond donors (Lipinski definition) is 1. The van der Waals surface area contributed by atoms with Gasteiger partial charge in [-0.2, -0.15) is 0 Å². The molecule has 0 aliphatic carbocycles. The van der Waals surface area contributed by atoms with Gasteiger partial charge in [0.15, 0.2) is 0 Å². The third-order valence-corrected chi connectivity index (χ3v) is 0.361. The number of nitrogens with one attached hydrogen (secondary N) is 1. The quantitative estimate of drug-likeness (QED) is 0.451. The lowest BCUT2D eigenvalue weighted by atomic mass is 10.6. The minimum atomic E-state index is 1.69. The summed E-state index contributed by atoms with van der Waals surface area (Å²) in [6, 6.07) is 0. The highest BCUT2D eigenvalue weighted by atomic mass is 14.8. The topological polar surface area (TPSA) is 12.0 Å². The molecule has 0 heterocycles. The molecule has 0 unspecified atom stereocenters. The first-order valence-corrected chi connectivity index (χ1v) is 1.83. The Morgan fingerprint density at radius 3 is 2.50 bits per heavy atom. The van der Waals surface area contributed by atoms with Crippen LogP contribution in [0.5, 0.6) is 0 Å². The Bertz CT molecular complexity index is 65.7. The molecule has 1 N–H and O–H groups in total. The van der Waals surface area contributed by atoms with Crippen molar-refractivity contribution < 1.29 is 0 Å². The molecule has 6 heavy (non-hydrogen) atoms. The van der Waals surface area contributed by atoms with E-state index in [-0.39, 0.29) is 0 Å². The van der Waals surface area contributed by atoms with E-state index in [0.717, 1.165) is 0 Å². The average molecular weight is 82.1 g/mol. The second kappa shape index (κ2) is 4.52. The summed E-state index contributed by atoms with van der Waals surface area (Å²) < 4.78 is 0. The van der Waals surface area contributed by atoms with Crippen molar-refractivity contribution in [3.05, 3.63) is 6.54 Å². The van der Waals surface area contributed by atoms with Gasteiger partial charge in [-0.3, -0.25) is 0 Å². The third kappa shape index (κ3) is 3.52. The molecule has 0 amide bonds. The molecule has 0 aromatic carbocycles. The lowest BCUT2D eigenvalue weighted by Gasteiger charge is -1.76. The molecule has 0 saturated carbocycles. The molecule has 0 aromatic heterocycles. The van der Waals surface area contributed by atoms with Crippen molar-refractivity contribution in [3.8, 4) is 11.8 Å². The highest BCUT2D eigenvalue weighted by molar-refractivity contribution is 5.05. The summed E-state index contributed by atoms with van der Waals surface area (Å²) in [5, 5.41) is 2.77. The molecular formula is C5H8N. The average Bonchev–Trinajstić information content (AvgIpc) is 1.61. The van der Waals surface area contributed by atoms with Crippen LogP contribution >= 0.6 is 0 Å². The van der Waals surface area contributed by atoms with Gasteiger partial charge in [0.25, 0.3) is 0 Å². The van der Waals surface area contributed by atoms with Gasteiger partial charge >= 0.3 is 0 Å². The maximum atomic E-state index is 2.77. The summed E-state index contributed by atoms with van der Waals surface area (Å²) in [6.07, 6.45) is 0. The van der Waals surface area contributed by atoms with Crippen molar-refractivity contribution in [1.29, 1.82) is 0 Å². The largest absolute Gasteiger partial charge is 0.305 e. The van der Waals surface area contributed by atoms with Crippen molar-refractivity contribution in [2.45, 2.75) is 6.92 Å². The van der Waals surface area contributed by atoms with Crippen LogP contribution in [0, 0.1) is 18.4 Å². The molecule has 0 fully saturated rings. The Balaban J connectivity index is 2.79. The zero-order valence-corrected chi connectivity index (χ0v) is 4.08. The van der Waals surface area contributed by atoms with Crippen molar-refractivity contribution in [2.24, 2.45) is 0 Å². The van der Waals surface area contributed by atoms with Crippen LogP contribution in [0.3, 0.4) is 0 Å². The fourth-order valence-electron chi connectivity index (χ4n) is 0.144. The molecule has 0 aliphatic heterocycles. The summed E-state index contributed by atoms with van der Waals surface area (Å²) in [6.45, 7) is 3.49. The summed E-state index contributed by atoms with van der Waals surface area (Å²) >= 11 is 0. The Labute approximate surface area is 38.7 Å². The summed E-state index contributed by atoms with van der Waals surface area (Å²) in [5.41, 5.74) is 0. The lowest BCUT2D eigenvalue weighted by Crippen LogP contribution is -1.96. The summed E-state index contributed by atoms with van der Waals surface area (Å²) in [7, 11) is 1.82. The van der Waals surface area contributed by atoms with Crippen LogP contribution in [-0.4, -0.2) is 7.05 Å². The summed E-state index contributed by atoms with van der Waals surface area (Å²) in [4.78, 5) is 0. The molecule has 0 aromatic rings. The normalized spacial score (nSPS) is 6.33. The van der Waals surface area contributed by atoms with Gasteiger partial charge in [0.2, 0.25) is 0 Å². The Hall–Kier alpha value is -0.480. The van der Waals surface area contributed by atoms with Crippen molar-refractivity contribution in [3.63, 3.8) is 0 Å². The highest BCUT2D eigenvalue weighted by Crippen LogP contribution is 1.55. The number of rotatable bonds is 1. The highest BCUT2D eigenvalue weighted by Gasteiger charge is 1.60. The smallest absolute Gasteiger partial charge is 0.0956 e. The van der Waals surface area contributed by atoms with Crippen LogP contribution in [0.1, 0.15) is 6.92 Å². The third-order valence-electron chi connectivity index (χ3n) is 0.361. The molecule has 0 aliphatic rings. The van der Waals surface area contributed by atoms with Crippen molar-refractivity contribution in [1.82, 2.24) is 5.32 Å². The van der Waals surface area contributed by atoms with E-state index in [9.17, 15) is 0 Å². The predicted octanol–water partition coefficient (Wildman–Crippen LogP) is 0.391. The molecular weight excluding hydrogens is 74.1 g/mol. The van der Waals surface area contributed by atoms with Crippen molar-refractivity contribution in [2.75, 3.05) is 7.05 Å². The van der Waals surface area contributed by atoms with Gasteiger partial charge in [-0.25, -0.2) is 0 Å². The maximum absolute atomic E-state index is 2.77. The van der Waals surface area contributed by atoms with Crippen molar-refractivity contribution >= 4 is 0 Å². The molecule has 0 saturated heterocycles. The van der Waals surface area contributed by atoms with Crippen LogP contribution in [0.15, 0.2) is 0 Å². The van der Waals surface area contributed by atoms with Gasteiger partial charge in [0.1, 0.15) is 0 Å². The first kappa shape index (κ1) is 5.52. The number of hydrogen-bond acceptors (Lipinski definition) is 1. The van der Waals surface area contributed by atoms with E-state index >= 15 is 0 Å². The molecule has 1 heteroatoms. The van der Waals surface area contributed by atoms with Gasteiger partial charge in [0.05, 0.1) is 6.54 Å².